The third-order valence-electron chi connectivity index (χ3n) is 6.30. The third kappa shape index (κ3) is 4.89. The molecule has 29 heavy (non-hydrogen) atoms. The van der Waals surface area contributed by atoms with Crippen LogP contribution < -0.4 is 5.32 Å². The number of amides is 1. The van der Waals surface area contributed by atoms with E-state index in [0.717, 1.165) is 19.4 Å². The van der Waals surface area contributed by atoms with E-state index in [1.54, 1.807) is 0 Å². The predicted molar refractivity (Wildman–Crippen MR) is 114 cm³/mol. The number of aliphatic hydroxyl groups is 1. The summed E-state index contributed by atoms with van der Waals surface area (Å²) in [6.45, 7) is 8.56. The van der Waals surface area contributed by atoms with Gasteiger partial charge in [0.25, 0.3) is 0 Å². The van der Waals surface area contributed by atoms with Crippen LogP contribution in [-0.2, 0) is 19.0 Å². The molecule has 7 nitrogen and oxygen atoms in total. The van der Waals surface area contributed by atoms with Crippen molar-refractivity contribution < 1.29 is 24.1 Å². The highest BCUT2D eigenvalue weighted by Crippen LogP contribution is 2.41. The van der Waals surface area contributed by atoms with E-state index in [1.807, 2.05) is 34.1 Å². The van der Waals surface area contributed by atoms with Crippen LogP contribution in [0.2, 0.25) is 0 Å². The summed E-state index contributed by atoms with van der Waals surface area (Å²) in [7, 11) is 1.99. The topological polar surface area (TPSA) is 80.3 Å². The van der Waals surface area contributed by atoms with Gasteiger partial charge in [-0.15, -0.1) is 23.4 Å². The minimum Gasteiger partial charge on any atom is -0.387 e. The number of hydrogen-bond acceptors (Lipinski definition) is 7. The molecule has 3 saturated heterocycles. The second-order valence-electron chi connectivity index (χ2n) is 8.94. The van der Waals surface area contributed by atoms with Gasteiger partial charge in [0.1, 0.15) is 29.9 Å². The number of alkyl halides is 1. The average molecular weight is 451 g/mol. The fourth-order valence-corrected chi connectivity index (χ4v) is 5.59. The van der Waals surface area contributed by atoms with Crippen molar-refractivity contribution in [2.24, 2.45) is 5.92 Å². The number of hydrogen-bond donors (Lipinski definition) is 2. The van der Waals surface area contributed by atoms with Gasteiger partial charge in [-0.25, -0.2) is 0 Å². The van der Waals surface area contributed by atoms with Crippen molar-refractivity contribution in [2.45, 2.75) is 93.6 Å². The molecule has 9 heteroatoms. The van der Waals surface area contributed by atoms with Crippen molar-refractivity contribution in [3.8, 4) is 0 Å². The third-order valence-corrected chi connectivity index (χ3v) is 7.43. The van der Waals surface area contributed by atoms with Crippen LogP contribution in [0.15, 0.2) is 0 Å². The Labute approximate surface area is 183 Å². The SMILES string of the molecule is CC[C@@H]1C[C@@H](C(=O)N[C@H]([C@H]2O[C@H](SC)[C@H](O)[C@H]3OC(C)(C)O[C@H]32)[C@@H](C)Cl)N(C)C1. The Hall–Kier alpha value is -0.0900. The first kappa shape index (κ1) is 23.6. The molecule has 9 atom stereocenters. The lowest BCUT2D eigenvalue weighted by atomic mass is 9.92. The standard InChI is InChI=1S/C20H35ClN2O5S/c1-7-11-8-12(23(5)9-11)18(25)22-13(10(2)21)15-17-16(27-20(3,4)28-17)14(24)19(26-15)29-6/h10-17,19,24H,7-9H2,1-6H3,(H,22,25)/t10-,11-,12+,13+,14-,15-,16-,17+,19-/m1/s1. The highest BCUT2D eigenvalue weighted by atomic mass is 35.5. The van der Waals surface area contributed by atoms with Crippen molar-refractivity contribution in [1.82, 2.24) is 10.2 Å². The Morgan fingerprint density at radius 1 is 1.38 bits per heavy atom. The summed E-state index contributed by atoms with van der Waals surface area (Å²) in [6, 6.07) is -0.637. The van der Waals surface area contributed by atoms with Gasteiger partial charge in [-0.05, 0) is 46.4 Å². The van der Waals surface area contributed by atoms with Crippen molar-refractivity contribution in [3.05, 3.63) is 0 Å². The van der Waals surface area contributed by atoms with Gasteiger partial charge >= 0.3 is 0 Å². The smallest absolute Gasteiger partial charge is 0.237 e. The second-order valence-corrected chi connectivity index (χ2v) is 10.6. The molecule has 3 rings (SSSR count). The molecule has 0 aromatic heterocycles. The minimum atomic E-state index is -0.838. The average Bonchev–Trinajstić information content (AvgIpc) is 3.19. The summed E-state index contributed by atoms with van der Waals surface area (Å²) in [6.07, 6.45) is 1.40. The molecule has 2 N–H and O–H groups in total. The van der Waals surface area contributed by atoms with Gasteiger partial charge in [0.15, 0.2) is 5.79 Å². The Morgan fingerprint density at radius 2 is 2.03 bits per heavy atom. The van der Waals surface area contributed by atoms with Gasteiger partial charge in [-0.1, -0.05) is 13.3 Å². The number of carbonyl (C=O) groups is 1. The molecule has 0 aromatic carbocycles. The molecule has 3 aliphatic heterocycles. The lowest BCUT2D eigenvalue weighted by Crippen LogP contribution is -2.64. The van der Waals surface area contributed by atoms with Crippen LogP contribution in [0, 0.1) is 5.92 Å². The molecule has 0 saturated carbocycles. The van der Waals surface area contributed by atoms with Gasteiger partial charge in [-0.3, -0.25) is 9.69 Å². The zero-order valence-corrected chi connectivity index (χ0v) is 19.7. The van der Waals surface area contributed by atoms with Gasteiger partial charge in [0.2, 0.25) is 5.91 Å². The van der Waals surface area contributed by atoms with Crippen LogP contribution in [0.1, 0.15) is 40.5 Å². The Morgan fingerprint density at radius 3 is 2.59 bits per heavy atom. The Kier molecular flexibility index (Phi) is 7.46. The van der Waals surface area contributed by atoms with E-state index in [0.29, 0.717) is 5.92 Å². The fraction of sp³-hybridized carbons (Fsp3) is 0.950. The number of fused-ring (bicyclic) bond motifs is 1. The van der Waals surface area contributed by atoms with Gasteiger partial charge in [-0.2, -0.15) is 0 Å². The first-order chi connectivity index (χ1) is 13.6. The summed E-state index contributed by atoms with van der Waals surface area (Å²) in [4.78, 5) is 15.2. The van der Waals surface area contributed by atoms with Crippen molar-refractivity contribution in [1.29, 1.82) is 0 Å². The van der Waals surface area contributed by atoms with E-state index in [4.69, 9.17) is 25.8 Å². The van der Waals surface area contributed by atoms with Crippen LogP contribution >= 0.6 is 23.4 Å². The van der Waals surface area contributed by atoms with Crippen molar-refractivity contribution in [3.63, 3.8) is 0 Å². The zero-order chi connectivity index (χ0) is 21.5. The van der Waals surface area contributed by atoms with Crippen LogP contribution in [0.3, 0.4) is 0 Å². The van der Waals surface area contributed by atoms with E-state index in [2.05, 4.69) is 17.1 Å². The summed E-state index contributed by atoms with van der Waals surface area (Å²) in [5, 5.41) is 13.4. The number of carbonyl (C=O) groups excluding carboxylic acids is 1. The van der Waals surface area contributed by atoms with E-state index < -0.39 is 41.7 Å². The Balaban J connectivity index is 1.79. The Bertz CT molecular complexity index is 595. The summed E-state index contributed by atoms with van der Waals surface area (Å²) >= 11 is 7.95. The lowest BCUT2D eigenvalue weighted by molar-refractivity contribution is -0.168. The monoisotopic (exact) mass is 450 g/mol. The van der Waals surface area contributed by atoms with E-state index in [1.165, 1.54) is 11.8 Å². The van der Waals surface area contributed by atoms with Crippen LogP contribution in [0.4, 0.5) is 0 Å². The molecular formula is C20H35ClN2O5S. The summed E-state index contributed by atoms with van der Waals surface area (Å²) in [5.41, 5.74) is -0.479. The summed E-state index contributed by atoms with van der Waals surface area (Å²) in [5.74, 6) is -0.345. The maximum absolute atomic E-state index is 13.1. The number of ether oxygens (including phenoxy) is 3. The number of thioether (sulfide) groups is 1. The molecule has 3 fully saturated rings. The highest BCUT2D eigenvalue weighted by Gasteiger charge is 2.57. The van der Waals surface area contributed by atoms with Crippen LogP contribution in [0.25, 0.3) is 0 Å². The molecule has 0 aliphatic carbocycles. The van der Waals surface area contributed by atoms with Gasteiger partial charge in [0.05, 0.1) is 17.5 Å². The number of aliphatic hydroxyl groups excluding tert-OH is 1. The molecule has 0 spiro atoms. The molecule has 3 heterocycles. The maximum atomic E-state index is 13.1. The predicted octanol–water partition coefficient (Wildman–Crippen LogP) is 1.80. The second kappa shape index (κ2) is 9.18. The van der Waals surface area contributed by atoms with E-state index >= 15 is 0 Å². The highest BCUT2D eigenvalue weighted by molar-refractivity contribution is 7.99. The molecular weight excluding hydrogens is 416 g/mol. The molecule has 0 radical (unpaired) electrons. The quantitative estimate of drug-likeness (QED) is 0.597. The van der Waals surface area contributed by atoms with Crippen molar-refractivity contribution >= 4 is 29.3 Å². The number of nitrogens with zero attached hydrogens (tertiary/aromatic N) is 1. The summed E-state index contributed by atoms with van der Waals surface area (Å²) < 4.78 is 18.3. The van der Waals surface area contributed by atoms with E-state index in [-0.39, 0.29) is 17.3 Å². The number of rotatable bonds is 6. The number of halogens is 1. The normalized spacial score (nSPS) is 41.7. The first-order valence-electron chi connectivity index (χ1n) is 10.4. The van der Waals surface area contributed by atoms with Crippen LogP contribution in [0.5, 0.6) is 0 Å². The molecule has 168 valence electrons. The zero-order valence-electron chi connectivity index (χ0n) is 18.1. The number of likely N-dealkylation sites (N-methyl/N-ethyl adjacent to an activating group) is 1. The van der Waals surface area contributed by atoms with Crippen molar-refractivity contribution in [2.75, 3.05) is 19.8 Å². The maximum Gasteiger partial charge on any atom is 0.237 e. The molecule has 0 unspecified atom stereocenters. The molecule has 1 amide bonds. The minimum absolute atomic E-state index is 0.0360. The molecule has 0 bridgehead atoms. The molecule has 3 aliphatic rings. The van der Waals surface area contributed by atoms with Gasteiger partial charge in [0, 0.05) is 6.54 Å². The number of likely N-dealkylation sites (tertiary alicyclic amines) is 1. The van der Waals surface area contributed by atoms with Crippen LogP contribution in [-0.4, -0.2) is 88.9 Å². The number of nitrogens with one attached hydrogen (secondary N) is 1. The first-order valence-corrected chi connectivity index (χ1v) is 12.2. The molecule has 0 aromatic rings. The largest absolute Gasteiger partial charge is 0.387 e. The fourth-order valence-electron chi connectivity index (χ4n) is 4.71. The van der Waals surface area contributed by atoms with Gasteiger partial charge < -0.3 is 24.6 Å². The van der Waals surface area contributed by atoms with E-state index in [9.17, 15) is 9.90 Å². The lowest BCUT2D eigenvalue weighted by Gasteiger charge is -2.43.